The van der Waals surface area contributed by atoms with E-state index in [1.807, 2.05) is 0 Å². The summed E-state index contributed by atoms with van der Waals surface area (Å²) in [6.07, 6.45) is 0. The summed E-state index contributed by atoms with van der Waals surface area (Å²) < 4.78 is 29.6. The van der Waals surface area contributed by atoms with Crippen molar-refractivity contribution in [2.75, 3.05) is 52.0 Å². The molecule has 0 bridgehead atoms. The summed E-state index contributed by atoms with van der Waals surface area (Å²) in [6, 6.07) is 4.85. The van der Waals surface area contributed by atoms with Crippen LogP contribution < -0.4 is 5.32 Å². The van der Waals surface area contributed by atoms with Crippen molar-refractivity contribution in [1.29, 1.82) is 0 Å². The van der Waals surface area contributed by atoms with Gasteiger partial charge in [-0.3, -0.25) is 0 Å². The number of para-hydroxylation sites is 1. The van der Waals surface area contributed by atoms with Crippen LogP contribution in [0.5, 0.6) is 0 Å². The van der Waals surface area contributed by atoms with Gasteiger partial charge in [-0.1, -0.05) is 6.07 Å². The smallest absolute Gasteiger partial charge is 0.147 e. The highest BCUT2D eigenvalue weighted by atomic mass is 79.9. The Labute approximate surface area is 121 Å². The number of halogens is 2. The first kappa shape index (κ1) is 16.4. The monoisotopic (exact) mass is 335 g/mol. The zero-order valence-electron chi connectivity index (χ0n) is 11.0. The maximum atomic E-state index is 13.4. The van der Waals surface area contributed by atoms with Gasteiger partial charge in [0.05, 0.1) is 38.7 Å². The van der Waals surface area contributed by atoms with Gasteiger partial charge >= 0.3 is 0 Å². The van der Waals surface area contributed by atoms with Gasteiger partial charge in [0, 0.05) is 18.1 Å². The number of anilines is 1. The molecule has 0 saturated carbocycles. The molecule has 0 heterocycles. The standard InChI is InChI=1S/C13H19BrFNO3/c1-17-7-8-19-10-9-18-6-5-16-13-11(14)3-2-4-12(13)15/h2-4,16H,5-10H2,1H3. The van der Waals surface area contributed by atoms with Gasteiger partial charge < -0.3 is 19.5 Å². The minimum absolute atomic E-state index is 0.280. The number of benzene rings is 1. The van der Waals surface area contributed by atoms with Crippen molar-refractivity contribution in [2.24, 2.45) is 0 Å². The third-order valence-corrected chi connectivity index (χ3v) is 2.98. The van der Waals surface area contributed by atoms with Crippen molar-refractivity contribution in [2.45, 2.75) is 0 Å². The van der Waals surface area contributed by atoms with Crippen LogP contribution in [0.1, 0.15) is 0 Å². The van der Waals surface area contributed by atoms with Crippen molar-refractivity contribution in [3.8, 4) is 0 Å². The normalized spacial score (nSPS) is 10.7. The number of rotatable bonds is 10. The van der Waals surface area contributed by atoms with Crippen molar-refractivity contribution < 1.29 is 18.6 Å². The van der Waals surface area contributed by atoms with Gasteiger partial charge in [-0.25, -0.2) is 4.39 Å². The van der Waals surface area contributed by atoms with Gasteiger partial charge in [0.15, 0.2) is 0 Å². The van der Waals surface area contributed by atoms with Gasteiger partial charge in [0.2, 0.25) is 0 Å². The Hall–Kier alpha value is -0.690. The Morgan fingerprint density at radius 2 is 1.79 bits per heavy atom. The quantitative estimate of drug-likeness (QED) is 0.667. The Morgan fingerprint density at radius 1 is 1.11 bits per heavy atom. The predicted octanol–water partition coefficient (Wildman–Crippen LogP) is 2.68. The predicted molar refractivity (Wildman–Crippen MR) is 76.1 cm³/mol. The minimum atomic E-state index is -0.280. The lowest BCUT2D eigenvalue weighted by Gasteiger charge is -2.10. The molecule has 0 unspecified atom stereocenters. The Kier molecular flexibility index (Phi) is 8.73. The number of hydrogen-bond donors (Lipinski definition) is 1. The summed E-state index contributed by atoms with van der Waals surface area (Å²) in [5, 5.41) is 2.98. The Morgan fingerprint density at radius 3 is 2.47 bits per heavy atom. The van der Waals surface area contributed by atoms with Gasteiger partial charge in [-0.15, -0.1) is 0 Å². The molecule has 108 valence electrons. The van der Waals surface area contributed by atoms with E-state index in [1.165, 1.54) is 6.07 Å². The third-order valence-electron chi connectivity index (χ3n) is 2.31. The lowest BCUT2D eigenvalue weighted by atomic mass is 10.3. The summed E-state index contributed by atoms with van der Waals surface area (Å²) >= 11 is 3.29. The van der Waals surface area contributed by atoms with Crippen LogP contribution in [0, 0.1) is 5.82 Å². The molecule has 0 saturated heterocycles. The minimum Gasteiger partial charge on any atom is -0.382 e. The van der Waals surface area contributed by atoms with E-state index >= 15 is 0 Å². The van der Waals surface area contributed by atoms with E-state index in [1.54, 1.807) is 19.2 Å². The second-order valence-electron chi connectivity index (χ2n) is 3.74. The molecular formula is C13H19BrFNO3. The van der Waals surface area contributed by atoms with E-state index in [-0.39, 0.29) is 5.82 Å². The highest BCUT2D eigenvalue weighted by Gasteiger charge is 2.04. The van der Waals surface area contributed by atoms with E-state index < -0.39 is 0 Å². The summed E-state index contributed by atoms with van der Waals surface area (Å²) in [6.45, 7) is 3.24. The zero-order chi connectivity index (χ0) is 13.9. The summed E-state index contributed by atoms with van der Waals surface area (Å²) in [5.74, 6) is -0.280. The van der Waals surface area contributed by atoms with Crippen molar-refractivity contribution in [1.82, 2.24) is 0 Å². The van der Waals surface area contributed by atoms with Crippen LogP contribution in [-0.2, 0) is 14.2 Å². The molecule has 19 heavy (non-hydrogen) atoms. The molecule has 0 aliphatic rings. The molecule has 0 radical (unpaired) electrons. The van der Waals surface area contributed by atoms with Crippen LogP contribution in [0.15, 0.2) is 22.7 Å². The third kappa shape index (κ3) is 6.87. The molecule has 1 rings (SSSR count). The zero-order valence-corrected chi connectivity index (χ0v) is 12.5. The fourth-order valence-corrected chi connectivity index (χ4v) is 1.86. The highest BCUT2D eigenvalue weighted by molar-refractivity contribution is 9.10. The highest BCUT2D eigenvalue weighted by Crippen LogP contribution is 2.24. The SMILES string of the molecule is COCCOCCOCCNc1c(F)cccc1Br. The van der Waals surface area contributed by atoms with E-state index in [0.717, 1.165) is 0 Å². The molecule has 0 fully saturated rings. The largest absolute Gasteiger partial charge is 0.382 e. The summed E-state index contributed by atoms with van der Waals surface area (Å²) in [5.41, 5.74) is 0.461. The fourth-order valence-electron chi connectivity index (χ4n) is 1.38. The van der Waals surface area contributed by atoms with E-state index in [4.69, 9.17) is 14.2 Å². The number of nitrogens with one attached hydrogen (secondary N) is 1. The lowest BCUT2D eigenvalue weighted by Crippen LogP contribution is -2.14. The van der Waals surface area contributed by atoms with Crippen LogP contribution in [0.4, 0.5) is 10.1 Å². The molecular weight excluding hydrogens is 317 g/mol. The number of hydrogen-bond acceptors (Lipinski definition) is 4. The molecule has 1 aromatic carbocycles. The van der Waals surface area contributed by atoms with Crippen molar-refractivity contribution >= 4 is 21.6 Å². The van der Waals surface area contributed by atoms with Crippen LogP contribution in [0.2, 0.25) is 0 Å². The maximum absolute atomic E-state index is 13.4. The van der Waals surface area contributed by atoms with Gasteiger partial charge in [0.25, 0.3) is 0 Å². The molecule has 1 aromatic rings. The molecule has 0 aromatic heterocycles. The number of methoxy groups -OCH3 is 1. The van der Waals surface area contributed by atoms with Gasteiger partial charge in [-0.05, 0) is 28.1 Å². The van der Waals surface area contributed by atoms with Crippen molar-refractivity contribution in [3.63, 3.8) is 0 Å². The Bertz CT molecular complexity index is 345. The van der Waals surface area contributed by atoms with Crippen LogP contribution in [-0.4, -0.2) is 46.7 Å². The van der Waals surface area contributed by atoms with Crippen LogP contribution in [0.25, 0.3) is 0 Å². The first-order valence-electron chi connectivity index (χ1n) is 6.08. The summed E-state index contributed by atoms with van der Waals surface area (Å²) in [7, 11) is 1.63. The number of ether oxygens (including phenoxy) is 3. The van der Waals surface area contributed by atoms with E-state index in [9.17, 15) is 4.39 Å². The average molecular weight is 336 g/mol. The molecule has 0 atom stereocenters. The molecule has 0 spiro atoms. The van der Waals surface area contributed by atoms with Crippen LogP contribution >= 0.6 is 15.9 Å². The second-order valence-corrected chi connectivity index (χ2v) is 4.60. The van der Waals surface area contributed by atoms with Crippen LogP contribution in [0.3, 0.4) is 0 Å². The first-order valence-corrected chi connectivity index (χ1v) is 6.87. The molecule has 4 nitrogen and oxygen atoms in total. The van der Waals surface area contributed by atoms with Gasteiger partial charge in [-0.2, -0.15) is 0 Å². The molecule has 1 N–H and O–H groups in total. The molecule has 0 amide bonds. The Balaban J connectivity index is 2.05. The van der Waals surface area contributed by atoms with Gasteiger partial charge in [0.1, 0.15) is 5.82 Å². The first-order chi connectivity index (χ1) is 9.25. The molecule has 0 aliphatic heterocycles. The maximum Gasteiger partial charge on any atom is 0.147 e. The van der Waals surface area contributed by atoms with Crippen molar-refractivity contribution in [3.05, 3.63) is 28.5 Å². The topological polar surface area (TPSA) is 39.7 Å². The van der Waals surface area contributed by atoms with E-state index in [0.29, 0.717) is 49.7 Å². The fraction of sp³-hybridized carbons (Fsp3) is 0.538. The average Bonchev–Trinajstić information content (AvgIpc) is 2.40. The molecule has 6 heteroatoms. The summed E-state index contributed by atoms with van der Waals surface area (Å²) in [4.78, 5) is 0. The molecule has 0 aliphatic carbocycles. The second kappa shape index (κ2) is 10.1. The lowest BCUT2D eigenvalue weighted by molar-refractivity contribution is 0.0272. The van der Waals surface area contributed by atoms with E-state index in [2.05, 4.69) is 21.2 Å².